The number of hydrogen-bond acceptors (Lipinski definition) is 5. The fraction of sp³-hybridized carbons (Fsp3) is 0.571. The zero-order valence-corrected chi connectivity index (χ0v) is 12.1. The van der Waals surface area contributed by atoms with Crippen LogP contribution in [0.4, 0.5) is 5.69 Å². The van der Waals surface area contributed by atoms with Crippen molar-refractivity contribution in [3.8, 4) is 0 Å². The number of aromatic nitrogens is 1. The highest BCUT2D eigenvalue weighted by Crippen LogP contribution is 2.20. The third-order valence-corrected chi connectivity index (χ3v) is 3.61. The molecular formula is C14H22N4O2. The third kappa shape index (κ3) is 3.68. The monoisotopic (exact) mass is 278 g/mol. The van der Waals surface area contributed by atoms with Crippen molar-refractivity contribution in [2.75, 3.05) is 58.3 Å². The molecule has 0 radical (unpaired) electrons. The smallest absolute Gasteiger partial charge is 0.337 e. The zero-order chi connectivity index (χ0) is 14.5. The van der Waals surface area contributed by atoms with Crippen molar-refractivity contribution in [1.82, 2.24) is 14.8 Å². The molecule has 0 amide bonds. The van der Waals surface area contributed by atoms with Gasteiger partial charge in [-0.25, -0.2) is 4.79 Å². The second-order valence-electron chi connectivity index (χ2n) is 5.33. The summed E-state index contributed by atoms with van der Waals surface area (Å²) in [6, 6.07) is 1.57. The lowest BCUT2D eigenvalue weighted by molar-refractivity contribution is 0.0697. The first-order chi connectivity index (χ1) is 9.58. The largest absolute Gasteiger partial charge is 0.478 e. The van der Waals surface area contributed by atoms with Gasteiger partial charge in [-0.2, -0.15) is 0 Å². The summed E-state index contributed by atoms with van der Waals surface area (Å²) in [5, 5.41) is 9.22. The predicted octanol–water partition coefficient (Wildman–Crippen LogP) is 0.463. The molecule has 0 saturated carbocycles. The second kappa shape index (κ2) is 6.67. The molecule has 0 aromatic carbocycles. The molecule has 1 fully saturated rings. The van der Waals surface area contributed by atoms with Crippen molar-refractivity contribution in [3.63, 3.8) is 0 Å². The molecular weight excluding hydrogens is 256 g/mol. The Morgan fingerprint density at radius 2 is 2.05 bits per heavy atom. The summed E-state index contributed by atoms with van der Waals surface area (Å²) in [6.07, 6.45) is 3.18. The summed E-state index contributed by atoms with van der Waals surface area (Å²) in [7, 11) is 4.15. The molecule has 1 aromatic heterocycles. The first-order valence-electron chi connectivity index (χ1n) is 6.87. The third-order valence-electron chi connectivity index (χ3n) is 3.61. The van der Waals surface area contributed by atoms with Gasteiger partial charge in [-0.05, 0) is 20.2 Å². The van der Waals surface area contributed by atoms with Gasteiger partial charge in [-0.15, -0.1) is 0 Å². The van der Waals surface area contributed by atoms with Gasteiger partial charge in [0.1, 0.15) is 0 Å². The van der Waals surface area contributed by atoms with E-state index in [1.807, 2.05) is 0 Å². The Balaban J connectivity index is 1.95. The fourth-order valence-corrected chi connectivity index (χ4v) is 2.37. The molecule has 0 spiro atoms. The highest BCUT2D eigenvalue weighted by Gasteiger charge is 2.21. The van der Waals surface area contributed by atoms with Gasteiger partial charge < -0.3 is 14.9 Å². The van der Waals surface area contributed by atoms with E-state index in [0.29, 0.717) is 5.56 Å². The summed E-state index contributed by atoms with van der Waals surface area (Å²) in [5.41, 5.74) is 1.06. The number of rotatable bonds is 5. The lowest BCUT2D eigenvalue weighted by atomic mass is 10.2. The predicted molar refractivity (Wildman–Crippen MR) is 78.4 cm³/mol. The summed E-state index contributed by atoms with van der Waals surface area (Å²) in [6.45, 7) is 5.72. The number of anilines is 1. The second-order valence-corrected chi connectivity index (χ2v) is 5.33. The van der Waals surface area contributed by atoms with Crippen LogP contribution in [-0.4, -0.2) is 79.2 Å². The van der Waals surface area contributed by atoms with Crippen molar-refractivity contribution in [2.45, 2.75) is 0 Å². The lowest BCUT2D eigenvalue weighted by Crippen LogP contribution is -2.48. The molecule has 1 saturated heterocycles. The first kappa shape index (κ1) is 14.7. The van der Waals surface area contributed by atoms with Gasteiger partial charge in [0.25, 0.3) is 0 Å². The molecule has 0 unspecified atom stereocenters. The van der Waals surface area contributed by atoms with Gasteiger partial charge in [-0.1, -0.05) is 0 Å². The van der Waals surface area contributed by atoms with E-state index in [4.69, 9.17) is 0 Å². The van der Waals surface area contributed by atoms with Crippen LogP contribution in [0.3, 0.4) is 0 Å². The van der Waals surface area contributed by atoms with Gasteiger partial charge in [-0.3, -0.25) is 9.88 Å². The molecule has 1 aliphatic rings. The van der Waals surface area contributed by atoms with Gasteiger partial charge in [0.05, 0.1) is 17.4 Å². The van der Waals surface area contributed by atoms with Gasteiger partial charge >= 0.3 is 5.97 Å². The van der Waals surface area contributed by atoms with Crippen LogP contribution in [0.2, 0.25) is 0 Å². The number of pyridine rings is 1. The molecule has 20 heavy (non-hydrogen) atoms. The van der Waals surface area contributed by atoms with E-state index in [2.05, 4.69) is 33.8 Å². The summed E-state index contributed by atoms with van der Waals surface area (Å²) in [5.74, 6) is -0.891. The van der Waals surface area contributed by atoms with Crippen molar-refractivity contribution < 1.29 is 9.90 Å². The highest BCUT2D eigenvalue weighted by molar-refractivity contribution is 5.94. The minimum Gasteiger partial charge on any atom is -0.478 e. The zero-order valence-electron chi connectivity index (χ0n) is 12.1. The molecule has 6 nitrogen and oxygen atoms in total. The van der Waals surface area contributed by atoms with Crippen LogP contribution in [0.1, 0.15) is 10.4 Å². The van der Waals surface area contributed by atoms with Gasteiger partial charge in [0.2, 0.25) is 0 Å². The van der Waals surface area contributed by atoms with Crippen LogP contribution < -0.4 is 4.90 Å². The number of aromatic carboxylic acids is 1. The van der Waals surface area contributed by atoms with Crippen LogP contribution in [0, 0.1) is 0 Å². The number of carboxylic acids is 1. The van der Waals surface area contributed by atoms with Crippen molar-refractivity contribution in [3.05, 3.63) is 24.0 Å². The number of likely N-dealkylation sites (N-methyl/N-ethyl adjacent to an activating group) is 1. The number of nitrogens with zero attached hydrogens (tertiary/aromatic N) is 4. The SMILES string of the molecule is CN(C)CCN1CCN(c2cnccc2C(=O)O)CC1. The summed E-state index contributed by atoms with van der Waals surface area (Å²) < 4.78 is 0. The topological polar surface area (TPSA) is 59.9 Å². The van der Waals surface area contributed by atoms with Crippen molar-refractivity contribution in [2.24, 2.45) is 0 Å². The van der Waals surface area contributed by atoms with Crippen molar-refractivity contribution in [1.29, 1.82) is 0 Å². The highest BCUT2D eigenvalue weighted by atomic mass is 16.4. The Hall–Kier alpha value is -1.66. The normalized spacial score (nSPS) is 16.6. The van der Waals surface area contributed by atoms with E-state index in [9.17, 15) is 9.90 Å². The maximum absolute atomic E-state index is 11.2. The average molecular weight is 278 g/mol. The number of carboxylic acid groups (broad SMARTS) is 1. The maximum atomic E-state index is 11.2. The average Bonchev–Trinajstić information content (AvgIpc) is 2.45. The molecule has 110 valence electrons. The summed E-state index contributed by atoms with van der Waals surface area (Å²) >= 11 is 0. The van der Waals surface area contributed by atoms with Crippen LogP contribution >= 0.6 is 0 Å². The van der Waals surface area contributed by atoms with Crippen LogP contribution in [0.15, 0.2) is 18.5 Å². The van der Waals surface area contributed by atoms with Gasteiger partial charge in [0.15, 0.2) is 0 Å². The molecule has 0 bridgehead atoms. The Morgan fingerprint density at radius 3 is 2.65 bits per heavy atom. The van der Waals surface area contributed by atoms with E-state index in [0.717, 1.165) is 45.0 Å². The molecule has 1 aromatic rings. The van der Waals surface area contributed by atoms with Gasteiger partial charge in [0, 0.05) is 45.5 Å². The molecule has 0 atom stereocenters. The van der Waals surface area contributed by atoms with E-state index in [-0.39, 0.29) is 0 Å². The first-order valence-corrected chi connectivity index (χ1v) is 6.87. The molecule has 0 aliphatic carbocycles. The molecule has 1 N–H and O–H groups in total. The summed E-state index contributed by atoms with van der Waals surface area (Å²) in [4.78, 5) is 22.0. The van der Waals surface area contributed by atoms with Crippen molar-refractivity contribution >= 4 is 11.7 Å². The standard InChI is InChI=1S/C14H22N4O2/c1-16(2)5-6-17-7-9-18(10-8-17)13-11-15-4-3-12(13)14(19)20/h3-4,11H,5-10H2,1-2H3,(H,19,20). The fourth-order valence-electron chi connectivity index (χ4n) is 2.37. The van der Waals surface area contributed by atoms with E-state index in [1.165, 1.54) is 6.20 Å². The number of hydrogen-bond donors (Lipinski definition) is 1. The quantitative estimate of drug-likeness (QED) is 0.844. The molecule has 2 heterocycles. The Labute approximate surface area is 119 Å². The Kier molecular flexibility index (Phi) is 4.92. The van der Waals surface area contributed by atoms with Crippen LogP contribution in [0.25, 0.3) is 0 Å². The van der Waals surface area contributed by atoms with Crippen LogP contribution in [-0.2, 0) is 0 Å². The Morgan fingerprint density at radius 1 is 1.35 bits per heavy atom. The molecule has 1 aliphatic heterocycles. The molecule has 6 heteroatoms. The number of carbonyl (C=O) groups is 1. The van der Waals surface area contributed by atoms with E-state index in [1.54, 1.807) is 12.3 Å². The van der Waals surface area contributed by atoms with E-state index < -0.39 is 5.97 Å². The maximum Gasteiger partial charge on any atom is 0.337 e. The Bertz CT molecular complexity index is 456. The minimum atomic E-state index is -0.891. The molecule has 2 rings (SSSR count). The lowest BCUT2D eigenvalue weighted by Gasteiger charge is -2.36. The minimum absolute atomic E-state index is 0.335. The van der Waals surface area contributed by atoms with E-state index >= 15 is 0 Å². The number of piperazine rings is 1. The van der Waals surface area contributed by atoms with Crippen LogP contribution in [0.5, 0.6) is 0 Å².